The number of benzene rings is 1. The highest BCUT2D eigenvalue weighted by atomic mass is 32.1. The molecular weight excluding hydrogens is 476 g/mol. The van der Waals surface area contributed by atoms with Crippen LogP contribution >= 0.6 is 22.7 Å². The lowest BCUT2D eigenvalue weighted by molar-refractivity contribution is 0.0713. The van der Waals surface area contributed by atoms with Gasteiger partial charge >= 0.3 is 0 Å². The summed E-state index contributed by atoms with van der Waals surface area (Å²) in [6, 6.07) is 8.69. The van der Waals surface area contributed by atoms with E-state index in [-0.39, 0.29) is 23.4 Å². The standard InChI is InChI=1S/C22H20N6O4S2/c1-12-2-5-18(34-12)20(30)25-24-19(29)17-11-33-21(23-17)13-6-8-28(9-7-13)22(31)14-3-4-15-16(10-14)27-32-26-15/h2-5,10-11,13H,6-9H2,1H3,(H,24,29)(H,25,30). The molecule has 0 aliphatic carbocycles. The number of amides is 3. The molecule has 0 spiro atoms. The predicted octanol–water partition coefficient (Wildman–Crippen LogP) is 3.14. The number of hydrogen-bond donors (Lipinski definition) is 2. The molecule has 1 aliphatic heterocycles. The molecule has 12 heteroatoms. The zero-order valence-electron chi connectivity index (χ0n) is 18.1. The van der Waals surface area contributed by atoms with Gasteiger partial charge in [0.2, 0.25) is 0 Å². The van der Waals surface area contributed by atoms with Crippen LogP contribution in [0, 0.1) is 6.92 Å². The molecule has 10 nitrogen and oxygen atoms in total. The highest BCUT2D eigenvalue weighted by molar-refractivity contribution is 7.14. The Balaban J connectivity index is 1.15. The van der Waals surface area contributed by atoms with Crippen molar-refractivity contribution in [3.8, 4) is 0 Å². The Bertz CT molecular complexity index is 1370. The quantitative estimate of drug-likeness (QED) is 0.415. The number of piperidine rings is 1. The normalized spacial score (nSPS) is 14.3. The molecule has 5 rings (SSSR count). The lowest BCUT2D eigenvalue weighted by Gasteiger charge is -2.31. The van der Waals surface area contributed by atoms with Crippen LogP contribution in [0.4, 0.5) is 0 Å². The van der Waals surface area contributed by atoms with Crippen molar-refractivity contribution in [2.75, 3.05) is 13.1 Å². The molecule has 2 N–H and O–H groups in total. The van der Waals surface area contributed by atoms with Crippen molar-refractivity contribution in [1.29, 1.82) is 0 Å². The highest BCUT2D eigenvalue weighted by Gasteiger charge is 2.27. The second-order valence-corrected chi connectivity index (χ2v) is 10.1. The Morgan fingerprint density at radius 2 is 1.79 bits per heavy atom. The number of rotatable bonds is 4. The number of likely N-dealkylation sites (tertiary alicyclic amines) is 1. The first kappa shape index (κ1) is 22.2. The molecule has 1 aromatic carbocycles. The van der Waals surface area contributed by atoms with Gasteiger partial charge < -0.3 is 4.90 Å². The SMILES string of the molecule is Cc1ccc(C(=O)NNC(=O)c2csc(C3CCN(C(=O)c4ccc5nonc5c4)CC3)n2)s1. The molecular formula is C22H20N6O4S2. The van der Waals surface area contributed by atoms with Gasteiger partial charge in [-0.2, -0.15) is 0 Å². The maximum atomic E-state index is 12.9. The predicted molar refractivity (Wildman–Crippen MR) is 126 cm³/mol. The average molecular weight is 497 g/mol. The summed E-state index contributed by atoms with van der Waals surface area (Å²) in [5, 5.41) is 10.1. The van der Waals surface area contributed by atoms with Crippen LogP contribution < -0.4 is 10.9 Å². The fourth-order valence-electron chi connectivity index (χ4n) is 3.80. The van der Waals surface area contributed by atoms with Crippen LogP contribution in [-0.2, 0) is 0 Å². The second kappa shape index (κ2) is 9.31. The van der Waals surface area contributed by atoms with Crippen molar-refractivity contribution >= 4 is 51.4 Å². The van der Waals surface area contributed by atoms with E-state index in [1.54, 1.807) is 29.6 Å². The van der Waals surface area contributed by atoms with Gasteiger partial charge in [-0.25, -0.2) is 9.61 Å². The summed E-state index contributed by atoms with van der Waals surface area (Å²) >= 11 is 2.77. The van der Waals surface area contributed by atoms with Gasteiger partial charge in [0.15, 0.2) is 0 Å². The molecule has 3 aromatic heterocycles. The summed E-state index contributed by atoms with van der Waals surface area (Å²) < 4.78 is 4.70. The van der Waals surface area contributed by atoms with E-state index in [9.17, 15) is 14.4 Å². The van der Waals surface area contributed by atoms with Gasteiger partial charge in [-0.3, -0.25) is 25.2 Å². The largest absolute Gasteiger partial charge is 0.339 e. The number of thiazole rings is 1. The summed E-state index contributed by atoms with van der Waals surface area (Å²) in [7, 11) is 0. The third-order valence-electron chi connectivity index (χ3n) is 5.64. The lowest BCUT2D eigenvalue weighted by Crippen LogP contribution is -2.41. The van der Waals surface area contributed by atoms with E-state index < -0.39 is 5.91 Å². The van der Waals surface area contributed by atoms with Gasteiger partial charge in [0.1, 0.15) is 16.7 Å². The molecule has 1 aliphatic rings. The Labute approximate surface area is 201 Å². The summed E-state index contributed by atoms with van der Waals surface area (Å²) in [5.41, 5.74) is 6.81. The van der Waals surface area contributed by atoms with Crippen LogP contribution in [0.5, 0.6) is 0 Å². The van der Waals surface area contributed by atoms with Crippen molar-refractivity contribution in [3.05, 3.63) is 61.7 Å². The van der Waals surface area contributed by atoms with Crippen molar-refractivity contribution in [2.24, 2.45) is 0 Å². The van der Waals surface area contributed by atoms with Crippen LogP contribution in [0.2, 0.25) is 0 Å². The summed E-state index contributed by atoms with van der Waals surface area (Å²) in [6.45, 7) is 3.10. The number of fused-ring (bicyclic) bond motifs is 1. The minimum Gasteiger partial charge on any atom is -0.339 e. The number of carbonyl (C=O) groups excluding carboxylic acids is 3. The van der Waals surface area contributed by atoms with E-state index >= 15 is 0 Å². The number of nitrogens with one attached hydrogen (secondary N) is 2. The number of thiophene rings is 1. The number of aryl methyl sites for hydroxylation is 1. The number of hydrogen-bond acceptors (Lipinski definition) is 9. The molecule has 1 fully saturated rings. The number of carbonyl (C=O) groups is 3. The maximum Gasteiger partial charge on any atom is 0.289 e. The number of hydrazine groups is 1. The van der Waals surface area contributed by atoms with Crippen LogP contribution in [0.3, 0.4) is 0 Å². The van der Waals surface area contributed by atoms with Crippen LogP contribution in [-0.4, -0.2) is 51.0 Å². The van der Waals surface area contributed by atoms with E-state index in [1.807, 2.05) is 17.9 Å². The Kier molecular flexibility index (Phi) is 6.07. The summed E-state index contributed by atoms with van der Waals surface area (Å²) in [4.78, 5) is 45.2. The van der Waals surface area contributed by atoms with E-state index in [0.717, 1.165) is 22.7 Å². The molecule has 0 atom stereocenters. The second-order valence-electron chi connectivity index (χ2n) is 7.92. The molecule has 174 valence electrons. The molecule has 0 unspecified atom stereocenters. The van der Waals surface area contributed by atoms with E-state index in [0.29, 0.717) is 34.6 Å². The Hall–Kier alpha value is -3.64. The van der Waals surface area contributed by atoms with Gasteiger partial charge in [-0.15, -0.1) is 22.7 Å². The minimum absolute atomic E-state index is 0.0563. The fraction of sp³-hybridized carbons (Fsp3) is 0.273. The monoisotopic (exact) mass is 496 g/mol. The lowest BCUT2D eigenvalue weighted by atomic mass is 9.97. The Morgan fingerprint density at radius 1 is 1.03 bits per heavy atom. The zero-order chi connectivity index (χ0) is 23.7. The van der Waals surface area contributed by atoms with Gasteiger partial charge in [-0.1, -0.05) is 0 Å². The summed E-state index contributed by atoms with van der Waals surface area (Å²) in [6.07, 6.45) is 1.51. The van der Waals surface area contributed by atoms with E-state index in [4.69, 9.17) is 4.63 Å². The molecule has 3 amide bonds. The third-order valence-corrected chi connectivity index (χ3v) is 7.65. The molecule has 34 heavy (non-hydrogen) atoms. The molecule has 0 saturated carbocycles. The minimum atomic E-state index is -0.463. The highest BCUT2D eigenvalue weighted by Crippen LogP contribution is 2.31. The first-order valence-electron chi connectivity index (χ1n) is 10.6. The van der Waals surface area contributed by atoms with Gasteiger partial charge in [-0.05, 0) is 60.4 Å². The Morgan fingerprint density at radius 3 is 2.56 bits per heavy atom. The van der Waals surface area contributed by atoms with E-state index in [1.165, 1.54) is 22.7 Å². The third kappa shape index (κ3) is 4.54. The topological polar surface area (TPSA) is 130 Å². The average Bonchev–Trinajstić information content (AvgIpc) is 3.62. The van der Waals surface area contributed by atoms with Crippen molar-refractivity contribution in [3.63, 3.8) is 0 Å². The number of nitrogens with zero attached hydrogens (tertiary/aromatic N) is 4. The van der Waals surface area contributed by atoms with Gasteiger partial charge in [0.05, 0.1) is 9.88 Å². The van der Waals surface area contributed by atoms with Gasteiger partial charge in [0, 0.05) is 34.8 Å². The van der Waals surface area contributed by atoms with Crippen molar-refractivity contribution in [2.45, 2.75) is 25.7 Å². The van der Waals surface area contributed by atoms with Crippen LogP contribution in [0.25, 0.3) is 11.0 Å². The van der Waals surface area contributed by atoms with Crippen molar-refractivity contribution < 1.29 is 19.0 Å². The molecule has 1 saturated heterocycles. The van der Waals surface area contributed by atoms with Crippen molar-refractivity contribution in [1.82, 2.24) is 31.0 Å². The first-order chi connectivity index (χ1) is 16.5. The smallest absolute Gasteiger partial charge is 0.289 e. The summed E-state index contributed by atoms with van der Waals surface area (Å²) in [5.74, 6) is -0.715. The zero-order valence-corrected chi connectivity index (χ0v) is 19.7. The first-order valence-corrected chi connectivity index (χ1v) is 12.3. The maximum absolute atomic E-state index is 12.9. The molecule has 0 radical (unpaired) electrons. The fourth-order valence-corrected chi connectivity index (χ4v) is 5.54. The molecule has 4 aromatic rings. The molecule has 4 heterocycles. The molecule has 0 bridgehead atoms. The number of aromatic nitrogens is 3. The van der Waals surface area contributed by atoms with Gasteiger partial charge in [0.25, 0.3) is 17.7 Å². The van der Waals surface area contributed by atoms with Crippen LogP contribution in [0.15, 0.2) is 40.3 Å². The van der Waals surface area contributed by atoms with Crippen LogP contribution in [0.1, 0.15) is 59.2 Å². The van der Waals surface area contributed by atoms with E-state index in [2.05, 4.69) is 26.1 Å².